The Kier molecular flexibility index (Phi) is 4.23. The Morgan fingerprint density at radius 3 is 2.71 bits per heavy atom. The number of aromatic nitrogens is 1. The molecule has 142 valence electrons. The number of hydrogen-bond donors (Lipinski definition) is 1. The zero-order valence-electron chi connectivity index (χ0n) is 14.2. The van der Waals surface area contributed by atoms with Gasteiger partial charge in [-0.15, -0.1) is 0 Å². The fourth-order valence-corrected chi connectivity index (χ4v) is 3.34. The van der Waals surface area contributed by atoms with E-state index in [1.165, 1.54) is 16.8 Å². The van der Waals surface area contributed by atoms with Crippen molar-refractivity contribution in [2.45, 2.75) is 6.18 Å². The van der Waals surface area contributed by atoms with E-state index in [1.807, 2.05) is 6.08 Å². The minimum absolute atomic E-state index is 0.00348. The summed E-state index contributed by atoms with van der Waals surface area (Å²) in [5, 5.41) is 0.0515. The summed E-state index contributed by atoms with van der Waals surface area (Å²) in [6, 6.07) is 4.40. The molecular weight excluding hydrogens is 393 g/mol. The molecule has 0 fully saturated rings. The lowest BCUT2D eigenvalue weighted by molar-refractivity contribution is -0.137. The first-order valence-corrected chi connectivity index (χ1v) is 8.51. The second kappa shape index (κ2) is 6.49. The van der Waals surface area contributed by atoms with Crippen LogP contribution in [-0.4, -0.2) is 28.9 Å². The molecule has 2 aliphatic rings. The summed E-state index contributed by atoms with van der Waals surface area (Å²) in [5.74, 6) is -0.797. The highest BCUT2D eigenvalue weighted by atomic mass is 35.5. The number of aliphatic imine (C=N–C) groups is 2. The van der Waals surface area contributed by atoms with Crippen molar-refractivity contribution in [2.24, 2.45) is 15.7 Å². The third-order valence-electron chi connectivity index (χ3n) is 4.45. The van der Waals surface area contributed by atoms with Crippen LogP contribution in [-0.2, 0) is 6.18 Å². The van der Waals surface area contributed by atoms with E-state index in [4.69, 9.17) is 17.3 Å². The van der Waals surface area contributed by atoms with Crippen LogP contribution >= 0.6 is 11.6 Å². The van der Waals surface area contributed by atoms with Crippen molar-refractivity contribution in [1.29, 1.82) is 0 Å². The van der Waals surface area contributed by atoms with Gasteiger partial charge in [-0.3, -0.25) is 14.8 Å². The topological polar surface area (TPSA) is 72.7 Å². The zero-order chi connectivity index (χ0) is 20.1. The summed E-state index contributed by atoms with van der Waals surface area (Å²) in [7, 11) is 0. The van der Waals surface area contributed by atoms with Gasteiger partial charge >= 0.3 is 6.18 Å². The minimum Gasteiger partial charge on any atom is -0.364 e. The molecule has 1 aromatic carbocycles. The third kappa shape index (κ3) is 3.05. The quantitative estimate of drug-likeness (QED) is 0.823. The third-order valence-corrected chi connectivity index (χ3v) is 4.77. The van der Waals surface area contributed by atoms with Gasteiger partial charge in [-0.1, -0.05) is 11.6 Å². The van der Waals surface area contributed by atoms with Crippen molar-refractivity contribution in [2.75, 3.05) is 6.54 Å². The highest BCUT2D eigenvalue weighted by molar-refractivity contribution is 6.32. The predicted octanol–water partition coefficient (Wildman–Crippen LogP) is 4.05. The number of nitrogens with zero attached hydrogens (tertiary/aromatic N) is 3. The monoisotopic (exact) mass is 404 g/mol. The number of benzene rings is 1. The van der Waals surface area contributed by atoms with Gasteiger partial charge in [0.25, 0.3) is 5.91 Å². The molecule has 0 radical (unpaired) electrons. The maximum absolute atomic E-state index is 13.1. The SMILES string of the molecule is NC(=O)c1cc(C2=C3C=CN=C3CN=C2)cn1-c1cc(C(F)(F)F)ccc1Cl. The molecule has 0 aliphatic carbocycles. The van der Waals surface area contributed by atoms with Crippen molar-refractivity contribution in [3.63, 3.8) is 0 Å². The maximum Gasteiger partial charge on any atom is 0.416 e. The molecule has 0 saturated heterocycles. The number of rotatable bonds is 3. The van der Waals surface area contributed by atoms with Gasteiger partial charge < -0.3 is 10.3 Å². The van der Waals surface area contributed by atoms with E-state index in [1.54, 1.807) is 12.4 Å². The van der Waals surface area contributed by atoms with Crippen LogP contribution in [0, 0.1) is 0 Å². The van der Waals surface area contributed by atoms with Crippen LogP contribution in [0.15, 0.2) is 58.3 Å². The van der Waals surface area contributed by atoms with Gasteiger partial charge in [-0.05, 0) is 30.3 Å². The molecule has 0 bridgehead atoms. The van der Waals surface area contributed by atoms with Crippen LogP contribution in [0.25, 0.3) is 11.3 Å². The van der Waals surface area contributed by atoms with E-state index in [9.17, 15) is 18.0 Å². The molecule has 28 heavy (non-hydrogen) atoms. The first-order valence-electron chi connectivity index (χ1n) is 8.13. The molecule has 2 N–H and O–H groups in total. The molecule has 5 nitrogen and oxygen atoms in total. The number of carbonyl (C=O) groups is 1. The Bertz CT molecular complexity index is 1120. The average Bonchev–Trinajstić information content (AvgIpc) is 3.28. The van der Waals surface area contributed by atoms with Crippen molar-refractivity contribution in [3.05, 3.63) is 70.2 Å². The fraction of sp³-hybridized carbons (Fsp3) is 0.105. The standard InChI is InChI=1S/C19H12ClF3N4O/c20-14-2-1-11(19(21,22)23)6-16(14)27-9-10(5-17(27)18(24)28)13-7-25-8-15-12(13)3-4-26-15/h1-7,9H,8H2,(H2,24,28). The second-order valence-corrected chi connectivity index (χ2v) is 6.61. The summed E-state index contributed by atoms with van der Waals surface area (Å²) in [4.78, 5) is 20.4. The molecular formula is C19H12ClF3N4O. The van der Waals surface area contributed by atoms with Gasteiger partial charge in [0.2, 0.25) is 0 Å². The normalized spacial score (nSPS) is 15.8. The second-order valence-electron chi connectivity index (χ2n) is 6.20. The van der Waals surface area contributed by atoms with Crippen molar-refractivity contribution >= 4 is 35.0 Å². The van der Waals surface area contributed by atoms with E-state index in [0.717, 1.165) is 29.5 Å². The summed E-state index contributed by atoms with van der Waals surface area (Å²) < 4.78 is 40.6. The lowest BCUT2D eigenvalue weighted by atomic mass is 9.98. The first-order chi connectivity index (χ1) is 13.3. The Labute approximate surface area is 162 Å². The molecule has 0 unspecified atom stereocenters. The number of hydrogen-bond acceptors (Lipinski definition) is 3. The predicted molar refractivity (Wildman–Crippen MR) is 101 cm³/mol. The maximum atomic E-state index is 13.1. The molecule has 2 aromatic rings. The fourth-order valence-electron chi connectivity index (χ4n) is 3.13. The number of amides is 1. The largest absolute Gasteiger partial charge is 0.416 e. The van der Waals surface area contributed by atoms with Gasteiger partial charge in [0.05, 0.1) is 28.5 Å². The highest BCUT2D eigenvalue weighted by Crippen LogP contribution is 2.35. The Hall–Kier alpha value is -3.13. The molecule has 0 saturated carbocycles. The Morgan fingerprint density at radius 1 is 1.21 bits per heavy atom. The first kappa shape index (κ1) is 18.2. The van der Waals surface area contributed by atoms with Gasteiger partial charge in [-0.2, -0.15) is 13.2 Å². The van der Waals surface area contributed by atoms with Crippen LogP contribution in [0.4, 0.5) is 13.2 Å². The molecule has 3 heterocycles. The summed E-state index contributed by atoms with van der Waals surface area (Å²) in [6.45, 7) is 0.439. The lowest BCUT2D eigenvalue weighted by Gasteiger charge is -2.13. The average molecular weight is 405 g/mol. The smallest absolute Gasteiger partial charge is 0.364 e. The van der Waals surface area contributed by atoms with E-state index >= 15 is 0 Å². The van der Waals surface area contributed by atoms with Crippen LogP contribution in [0.5, 0.6) is 0 Å². The van der Waals surface area contributed by atoms with Crippen molar-refractivity contribution in [1.82, 2.24) is 4.57 Å². The van der Waals surface area contributed by atoms with E-state index in [0.29, 0.717) is 17.7 Å². The van der Waals surface area contributed by atoms with Crippen LogP contribution in [0.1, 0.15) is 21.6 Å². The van der Waals surface area contributed by atoms with Crippen LogP contribution in [0.2, 0.25) is 5.02 Å². The molecule has 0 spiro atoms. The Balaban J connectivity index is 1.91. The highest BCUT2D eigenvalue weighted by Gasteiger charge is 2.31. The van der Waals surface area contributed by atoms with E-state index < -0.39 is 17.6 Å². The number of dihydropyridines is 1. The number of halogens is 4. The number of alkyl halides is 3. The van der Waals surface area contributed by atoms with Gasteiger partial charge in [-0.25, -0.2) is 0 Å². The van der Waals surface area contributed by atoms with Crippen molar-refractivity contribution in [3.8, 4) is 5.69 Å². The van der Waals surface area contributed by atoms with Crippen LogP contribution in [0.3, 0.4) is 0 Å². The van der Waals surface area contributed by atoms with E-state index in [-0.39, 0.29) is 16.4 Å². The number of carbonyl (C=O) groups excluding carboxylic acids is 1. The van der Waals surface area contributed by atoms with Crippen LogP contribution < -0.4 is 5.73 Å². The van der Waals surface area contributed by atoms with E-state index in [2.05, 4.69) is 9.98 Å². The van der Waals surface area contributed by atoms with Crippen molar-refractivity contribution < 1.29 is 18.0 Å². The minimum atomic E-state index is -4.55. The van der Waals surface area contributed by atoms with Gasteiger partial charge in [0, 0.05) is 35.3 Å². The number of fused-ring (bicyclic) bond motifs is 1. The summed E-state index contributed by atoms with van der Waals surface area (Å²) in [5.41, 5.74) is 7.48. The molecule has 2 aliphatic heterocycles. The number of allylic oxidation sites excluding steroid dienone is 2. The molecule has 1 amide bonds. The lowest BCUT2D eigenvalue weighted by Crippen LogP contribution is -2.16. The zero-order valence-corrected chi connectivity index (χ0v) is 14.9. The number of primary amides is 1. The molecule has 9 heteroatoms. The number of nitrogens with two attached hydrogens (primary N) is 1. The molecule has 4 rings (SSSR count). The van der Waals surface area contributed by atoms with Gasteiger partial charge in [0.1, 0.15) is 5.69 Å². The summed E-state index contributed by atoms with van der Waals surface area (Å²) >= 11 is 6.13. The molecule has 0 atom stereocenters. The molecule has 1 aromatic heterocycles. The summed E-state index contributed by atoms with van der Waals surface area (Å²) in [6.07, 6.45) is 2.07. The Morgan fingerprint density at radius 2 is 2.00 bits per heavy atom. The van der Waals surface area contributed by atoms with Gasteiger partial charge in [0.15, 0.2) is 0 Å².